The zero-order valence-corrected chi connectivity index (χ0v) is 17.1. The van der Waals surface area contributed by atoms with E-state index in [9.17, 15) is 14.0 Å². The van der Waals surface area contributed by atoms with Gasteiger partial charge in [0, 0.05) is 54.7 Å². The van der Waals surface area contributed by atoms with Gasteiger partial charge in [0.05, 0.1) is 0 Å². The van der Waals surface area contributed by atoms with Crippen LogP contribution >= 0.6 is 11.6 Å². The first-order valence-corrected chi connectivity index (χ1v) is 10.0. The van der Waals surface area contributed by atoms with Crippen LogP contribution in [0.1, 0.15) is 42.2 Å². The maximum Gasteiger partial charge on any atom is 0.242 e. The summed E-state index contributed by atoms with van der Waals surface area (Å²) >= 11 is 6.30. The van der Waals surface area contributed by atoms with Crippen molar-refractivity contribution in [1.82, 2.24) is 10.0 Å². The zero-order valence-electron chi connectivity index (χ0n) is 16.4. The number of amides is 1. The van der Waals surface area contributed by atoms with Crippen molar-refractivity contribution < 1.29 is 14.0 Å². The minimum Gasteiger partial charge on any atom is -0.294 e. The van der Waals surface area contributed by atoms with Crippen molar-refractivity contribution in [2.45, 2.75) is 31.1 Å². The molecule has 29 heavy (non-hydrogen) atoms. The minimum atomic E-state index is -0.661. The van der Waals surface area contributed by atoms with Gasteiger partial charge in [0.2, 0.25) is 5.91 Å². The first-order chi connectivity index (χ1) is 13.9. The van der Waals surface area contributed by atoms with Crippen LogP contribution in [-0.2, 0) is 9.59 Å². The Morgan fingerprint density at radius 3 is 2.38 bits per heavy atom. The number of carbonyl (C=O) groups excluding carboxylic acids is 2. The molecule has 0 radical (unpaired) electrons. The summed E-state index contributed by atoms with van der Waals surface area (Å²) in [6.45, 7) is 0. The second-order valence-electron chi connectivity index (χ2n) is 7.74. The molecule has 2 aliphatic rings. The number of benzene rings is 2. The van der Waals surface area contributed by atoms with Crippen molar-refractivity contribution in [2.24, 2.45) is 0 Å². The Balaban J connectivity index is 1.86. The molecule has 2 aromatic carbocycles. The molecule has 1 amide bonds. The number of hydrazine groups is 1. The first-order valence-electron chi connectivity index (χ1n) is 9.63. The summed E-state index contributed by atoms with van der Waals surface area (Å²) in [6.07, 6.45) is 0.887. The molecular weight excluding hydrogens is 391 g/mol. The molecule has 0 spiro atoms. The predicted octanol–water partition coefficient (Wildman–Crippen LogP) is 4.67. The van der Waals surface area contributed by atoms with Gasteiger partial charge in [-0.05, 0) is 30.0 Å². The molecule has 6 heteroatoms. The summed E-state index contributed by atoms with van der Waals surface area (Å²) < 4.78 is 14.7. The molecule has 0 saturated carbocycles. The van der Waals surface area contributed by atoms with Gasteiger partial charge in [-0.3, -0.25) is 9.59 Å². The van der Waals surface area contributed by atoms with Crippen molar-refractivity contribution in [3.05, 3.63) is 81.8 Å². The highest BCUT2D eigenvalue weighted by molar-refractivity contribution is 6.31. The van der Waals surface area contributed by atoms with Crippen LogP contribution in [0.15, 0.2) is 59.8 Å². The zero-order chi connectivity index (χ0) is 20.7. The normalized spacial score (nSPS) is 22.3. The van der Waals surface area contributed by atoms with Gasteiger partial charge in [-0.2, -0.15) is 0 Å². The van der Waals surface area contributed by atoms with E-state index in [4.69, 9.17) is 11.6 Å². The predicted molar refractivity (Wildman–Crippen MR) is 110 cm³/mol. The second-order valence-corrected chi connectivity index (χ2v) is 8.15. The average molecular weight is 413 g/mol. The van der Waals surface area contributed by atoms with E-state index in [1.165, 1.54) is 12.1 Å². The molecule has 0 N–H and O–H groups in total. The highest BCUT2D eigenvalue weighted by Crippen LogP contribution is 2.47. The molecule has 150 valence electrons. The quantitative estimate of drug-likeness (QED) is 0.735. The molecule has 0 fully saturated rings. The number of allylic oxidation sites excluding steroid dienone is 2. The number of halogens is 2. The van der Waals surface area contributed by atoms with Crippen molar-refractivity contribution in [3.63, 3.8) is 0 Å². The van der Waals surface area contributed by atoms with Crippen LogP contribution in [-0.4, -0.2) is 35.8 Å². The molecule has 0 saturated heterocycles. The first kappa shape index (κ1) is 19.8. The molecule has 2 aromatic rings. The van der Waals surface area contributed by atoms with Gasteiger partial charge < -0.3 is 0 Å². The van der Waals surface area contributed by atoms with Crippen LogP contribution in [0.3, 0.4) is 0 Å². The Morgan fingerprint density at radius 1 is 1.00 bits per heavy atom. The van der Waals surface area contributed by atoms with E-state index in [0.29, 0.717) is 24.1 Å². The van der Waals surface area contributed by atoms with Gasteiger partial charge in [-0.1, -0.05) is 48.0 Å². The van der Waals surface area contributed by atoms with Gasteiger partial charge in [0.25, 0.3) is 0 Å². The lowest BCUT2D eigenvalue weighted by molar-refractivity contribution is -0.143. The number of nitrogens with zero attached hydrogens (tertiary/aromatic N) is 2. The van der Waals surface area contributed by atoms with E-state index in [2.05, 4.69) is 0 Å². The second kappa shape index (κ2) is 7.73. The van der Waals surface area contributed by atoms with Crippen LogP contribution in [0.25, 0.3) is 0 Å². The summed E-state index contributed by atoms with van der Waals surface area (Å²) in [5, 5.41) is 3.50. The van der Waals surface area contributed by atoms with Crippen molar-refractivity contribution in [3.8, 4) is 0 Å². The number of carbonyl (C=O) groups is 2. The van der Waals surface area contributed by atoms with Gasteiger partial charge in [-0.25, -0.2) is 14.4 Å². The Morgan fingerprint density at radius 2 is 1.72 bits per heavy atom. The molecule has 4 nitrogen and oxygen atoms in total. The molecule has 1 heterocycles. The van der Waals surface area contributed by atoms with Crippen LogP contribution < -0.4 is 0 Å². The largest absolute Gasteiger partial charge is 0.294 e. The van der Waals surface area contributed by atoms with Crippen LogP contribution in [0, 0.1) is 5.82 Å². The Labute approximate surface area is 174 Å². The Hall–Kier alpha value is -2.50. The molecule has 0 unspecified atom stereocenters. The lowest BCUT2D eigenvalue weighted by Gasteiger charge is -2.42. The number of hydrogen-bond acceptors (Lipinski definition) is 3. The highest BCUT2D eigenvalue weighted by atomic mass is 35.5. The van der Waals surface area contributed by atoms with Gasteiger partial charge in [0.15, 0.2) is 5.78 Å². The van der Waals surface area contributed by atoms with Crippen molar-refractivity contribution in [2.75, 3.05) is 14.1 Å². The molecular formula is C23H22ClFN2O2. The number of hydrogen-bond donors (Lipinski definition) is 0. The maximum atomic E-state index is 14.7. The maximum absolute atomic E-state index is 14.7. The van der Waals surface area contributed by atoms with E-state index in [1.807, 2.05) is 30.3 Å². The fourth-order valence-electron chi connectivity index (χ4n) is 4.54. The monoisotopic (exact) mass is 412 g/mol. The van der Waals surface area contributed by atoms with Crippen LogP contribution in [0.4, 0.5) is 4.39 Å². The summed E-state index contributed by atoms with van der Waals surface area (Å²) in [7, 11) is 3.55. The van der Waals surface area contributed by atoms with Crippen LogP contribution in [0.2, 0.25) is 5.02 Å². The smallest absolute Gasteiger partial charge is 0.242 e. The number of ketones is 1. The fraction of sp³-hybridized carbons (Fsp3) is 0.304. The van der Waals surface area contributed by atoms with Gasteiger partial charge in [-0.15, -0.1) is 0 Å². The van der Waals surface area contributed by atoms with Crippen molar-refractivity contribution >= 4 is 23.3 Å². The Bertz CT molecular complexity index is 983. The number of rotatable bonds is 3. The molecule has 0 bridgehead atoms. The third-order valence-electron chi connectivity index (χ3n) is 5.72. The van der Waals surface area contributed by atoms with E-state index in [-0.39, 0.29) is 34.6 Å². The molecule has 1 aliphatic heterocycles. The van der Waals surface area contributed by atoms with E-state index in [1.54, 1.807) is 30.2 Å². The molecule has 1 aliphatic carbocycles. The lowest BCUT2D eigenvalue weighted by Crippen LogP contribution is -2.48. The molecule has 2 atom stereocenters. The SMILES string of the molecule is CN(C)N1C(=O)C[C@H](c2c(F)cccc2Cl)C2=C1C[C@@H](c1ccccc1)CC2=O. The van der Waals surface area contributed by atoms with E-state index in [0.717, 1.165) is 5.56 Å². The number of Topliss-reactive ketones (excluding diaryl/α,β-unsaturated/α-hetero) is 1. The molecule has 4 rings (SSSR count). The third kappa shape index (κ3) is 3.49. The summed E-state index contributed by atoms with van der Waals surface area (Å²) in [5.74, 6) is -1.39. The Kier molecular flexibility index (Phi) is 5.28. The fourth-order valence-corrected chi connectivity index (χ4v) is 4.83. The minimum absolute atomic E-state index is 0.0133. The highest BCUT2D eigenvalue weighted by Gasteiger charge is 2.43. The topological polar surface area (TPSA) is 40.6 Å². The van der Waals surface area contributed by atoms with E-state index < -0.39 is 11.7 Å². The standard InChI is InChI=1S/C23H22ClFN2O2/c1-26(2)27-19-11-15(14-7-4-3-5-8-14)12-20(28)23(19)16(13-21(27)29)22-17(24)9-6-10-18(22)25/h3-10,15-16H,11-13H2,1-2H3/t15-,16-/m1/s1. The van der Waals surface area contributed by atoms with Gasteiger partial charge >= 0.3 is 0 Å². The third-order valence-corrected chi connectivity index (χ3v) is 6.05. The average Bonchev–Trinajstić information content (AvgIpc) is 2.67. The van der Waals surface area contributed by atoms with E-state index >= 15 is 0 Å². The summed E-state index contributed by atoms with van der Waals surface area (Å²) in [4.78, 5) is 26.3. The lowest BCUT2D eigenvalue weighted by atomic mass is 9.73. The van der Waals surface area contributed by atoms with Gasteiger partial charge in [0.1, 0.15) is 5.82 Å². The summed E-state index contributed by atoms with van der Waals surface area (Å²) in [5.41, 5.74) is 2.46. The molecule has 0 aromatic heterocycles. The summed E-state index contributed by atoms with van der Waals surface area (Å²) in [6, 6.07) is 14.3. The van der Waals surface area contributed by atoms with Crippen LogP contribution in [0.5, 0.6) is 0 Å². The van der Waals surface area contributed by atoms with Crippen molar-refractivity contribution in [1.29, 1.82) is 0 Å².